The number of anilines is 1. The Balaban J connectivity index is 1.28. The van der Waals surface area contributed by atoms with E-state index in [1.165, 1.54) is 4.31 Å². The first-order valence-corrected chi connectivity index (χ1v) is 12.8. The molecule has 1 aliphatic rings. The molecule has 5 rings (SSSR count). The quantitative estimate of drug-likeness (QED) is 0.443. The molecule has 0 spiro atoms. The van der Waals surface area contributed by atoms with E-state index in [-0.39, 0.29) is 11.8 Å². The van der Waals surface area contributed by atoms with Gasteiger partial charge in [0, 0.05) is 24.6 Å². The number of nitrogens with one attached hydrogen (secondary N) is 2. The Morgan fingerprint density at radius 3 is 2.38 bits per heavy atom. The average Bonchev–Trinajstić information content (AvgIpc) is 3.29. The highest BCUT2D eigenvalue weighted by Gasteiger charge is 2.32. The second-order valence-corrected chi connectivity index (χ2v) is 10.6. The number of amides is 1. The van der Waals surface area contributed by atoms with Gasteiger partial charge in [0.25, 0.3) is 0 Å². The van der Waals surface area contributed by atoms with Crippen LogP contribution in [0.2, 0.25) is 0 Å². The van der Waals surface area contributed by atoms with Crippen LogP contribution in [0.4, 0.5) is 5.69 Å². The van der Waals surface area contributed by atoms with Crippen LogP contribution in [0.25, 0.3) is 22.4 Å². The van der Waals surface area contributed by atoms with Crippen molar-refractivity contribution in [2.45, 2.75) is 24.7 Å². The van der Waals surface area contributed by atoms with Gasteiger partial charge in [0.05, 0.1) is 21.6 Å². The van der Waals surface area contributed by atoms with E-state index in [0.29, 0.717) is 42.3 Å². The fourth-order valence-corrected chi connectivity index (χ4v) is 5.80. The van der Waals surface area contributed by atoms with Crippen LogP contribution in [0, 0.1) is 12.8 Å². The summed E-state index contributed by atoms with van der Waals surface area (Å²) in [5.41, 5.74) is 4.30. The molecule has 7 nitrogen and oxygen atoms in total. The number of nitrogens with zero attached hydrogens (tertiary/aromatic N) is 2. The number of imidazole rings is 1. The second-order valence-electron chi connectivity index (χ2n) is 8.63. The third-order valence-electron chi connectivity index (χ3n) is 6.31. The van der Waals surface area contributed by atoms with Crippen LogP contribution in [0.15, 0.2) is 77.7 Å². The molecule has 8 heteroatoms. The number of rotatable bonds is 5. The number of H-pyrrole nitrogens is 1. The number of piperidine rings is 1. The van der Waals surface area contributed by atoms with Crippen LogP contribution in [0.1, 0.15) is 18.4 Å². The minimum atomic E-state index is -3.55. The predicted molar refractivity (Wildman–Crippen MR) is 133 cm³/mol. The summed E-state index contributed by atoms with van der Waals surface area (Å²) in [4.78, 5) is 21.3. The van der Waals surface area contributed by atoms with Crippen molar-refractivity contribution in [3.63, 3.8) is 0 Å². The molecule has 1 amide bonds. The maximum absolute atomic E-state index is 13.1. The molecule has 0 aliphatic carbocycles. The van der Waals surface area contributed by atoms with E-state index in [1.807, 2.05) is 55.5 Å². The minimum Gasteiger partial charge on any atom is -0.338 e. The van der Waals surface area contributed by atoms with Crippen molar-refractivity contribution in [2.75, 3.05) is 18.4 Å². The summed E-state index contributed by atoms with van der Waals surface area (Å²) in [5.74, 6) is 0.334. The topological polar surface area (TPSA) is 95.2 Å². The minimum absolute atomic E-state index is 0.101. The SMILES string of the molecule is Cc1ccc(S(=O)(=O)N2CCC(C(=O)Nc3ccccc3-c3nc4ccccc4[nH]3)CC2)cc1. The zero-order valence-corrected chi connectivity index (χ0v) is 19.7. The standard InChI is InChI=1S/C26H26N4O3S/c1-18-10-12-20(13-11-18)34(32,33)30-16-14-19(15-17-30)26(31)29-22-7-3-2-6-21(22)25-27-23-8-4-5-9-24(23)28-25/h2-13,19H,14-17H2,1H3,(H,27,28)(H,29,31). The van der Waals surface area contributed by atoms with Crippen LogP contribution in [0.5, 0.6) is 0 Å². The Bertz CT molecular complexity index is 1400. The average molecular weight is 475 g/mol. The Hall–Kier alpha value is -3.49. The Labute approximate surface area is 198 Å². The lowest BCUT2D eigenvalue weighted by atomic mass is 9.97. The summed E-state index contributed by atoms with van der Waals surface area (Å²) in [6.45, 7) is 2.56. The van der Waals surface area contributed by atoms with Crippen molar-refractivity contribution < 1.29 is 13.2 Å². The van der Waals surface area contributed by atoms with Crippen molar-refractivity contribution in [2.24, 2.45) is 5.92 Å². The third kappa shape index (κ3) is 4.34. The number of fused-ring (bicyclic) bond motifs is 1. The van der Waals surface area contributed by atoms with Gasteiger partial charge in [-0.1, -0.05) is 42.0 Å². The van der Waals surface area contributed by atoms with Gasteiger partial charge in [0.1, 0.15) is 5.82 Å². The van der Waals surface area contributed by atoms with E-state index >= 15 is 0 Å². The van der Waals surface area contributed by atoms with Gasteiger partial charge in [-0.2, -0.15) is 4.31 Å². The number of carbonyl (C=O) groups is 1. The third-order valence-corrected chi connectivity index (χ3v) is 8.23. The smallest absolute Gasteiger partial charge is 0.243 e. The molecule has 1 saturated heterocycles. The molecular weight excluding hydrogens is 448 g/mol. The number of aryl methyl sites for hydroxylation is 1. The van der Waals surface area contributed by atoms with Gasteiger partial charge in [-0.25, -0.2) is 13.4 Å². The van der Waals surface area contributed by atoms with Gasteiger partial charge in [-0.15, -0.1) is 0 Å². The normalized spacial score (nSPS) is 15.4. The molecule has 1 aliphatic heterocycles. The van der Waals surface area contributed by atoms with E-state index in [9.17, 15) is 13.2 Å². The summed E-state index contributed by atoms with van der Waals surface area (Å²) in [7, 11) is -3.55. The van der Waals surface area contributed by atoms with E-state index in [0.717, 1.165) is 22.2 Å². The molecule has 0 bridgehead atoms. The maximum atomic E-state index is 13.1. The van der Waals surface area contributed by atoms with Crippen LogP contribution in [-0.2, 0) is 14.8 Å². The zero-order chi connectivity index (χ0) is 23.7. The lowest BCUT2D eigenvalue weighted by molar-refractivity contribution is -0.120. The molecule has 0 saturated carbocycles. The molecule has 1 fully saturated rings. The highest BCUT2D eigenvalue weighted by molar-refractivity contribution is 7.89. The van der Waals surface area contributed by atoms with Gasteiger partial charge < -0.3 is 10.3 Å². The van der Waals surface area contributed by atoms with Crippen LogP contribution >= 0.6 is 0 Å². The molecule has 0 unspecified atom stereocenters. The van der Waals surface area contributed by atoms with Gasteiger partial charge in [-0.05, 0) is 56.2 Å². The fourth-order valence-electron chi connectivity index (χ4n) is 4.33. The molecule has 0 atom stereocenters. The molecule has 34 heavy (non-hydrogen) atoms. The number of aromatic amines is 1. The number of benzene rings is 3. The molecule has 174 valence electrons. The summed E-state index contributed by atoms with van der Waals surface area (Å²) in [6, 6.07) is 22.2. The first kappa shape index (κ1) is 22.3. The lowest BCUT2D eigenvalue weighted by Gasteiger charge is -2.30. The van der Waals surface area contributed by atoms with Crippen molar-refractivity contribution >= 4 is 32.7 Å². The Morgan fingerprint density at radius 1 is 0.971 bits per heavy atom. The summed E-state index contributed by atoms with van der Waals surface area (Å²) >= 11 is 0. The molecule has 4 aromatic rings. The van der Waals surface area contributed by atoms with Crippen molar-refractivity contribution in [3.8, 4) is 11.4 Å². The van der Waals surface area contributed by atoms with E-state index in [4.69, 9.17) is 0 Å². The highest BCUT2D eigenvalue weighted by Crippen LogP contribution is 2.30. The number of hydrogen-bond acceptors (Lipinski definition) is 4. The summed E-state index contributed by atoms with van der Waals surface area (Å²) in [5, 5.41) is 3.05. The maximum Gasteiger partial charge on any atom is 0.243 e. The highest BCUT2D eigenvalue weighted by atomic mass is 32.2. The molecule has 1 aromatic heterocycles. The lowest BCUT2D eigenvalue weighted by Crippen LogP contribution is -2.41. The van der Waals surface area contributed by atoms with E-state index < -0.39 is 10.0 Å². The number of hydrogen-bond donors (Lipinski definition) is 2. The van der Waals surface area contributed by atoms with Gasteiger partial charge in [0.2, 0.25) is 15.9 Å². The summed E-state index contributed by atoms with van der Waals surface area (Å²) < 4.78 is 27.4. The summed E-state index contributed by atoms with van der Waals surface area (Å²) in [6.07, 6.45) is 0.952. The van der Waals surface area contributed by atoms with Crippen LogP contribution < -0.4 is 5.32 Å². The molecule has 2 heterocycles. The number of carbonyl (C=O) groups excluding carboxylic acids is 1. The first-order chi connectivity index (χ1) is 16.4. The number of aromatic nitrogens is 2. The molecular formula is C26H26N4O3S. The molecule has 3 aromatic carbocycles. The van der Waals surface area contributed by atoms with E-state index in [1.54, 1.807) is 24.3 Å². The van der Waals surface area contributed by atoms with Crippen molar-refractivity contribution in [3.05, 3.63) is 78.4 Å². The second kappa shape index (κ2) is 9.04. The van der Waals surface area contributed by atoms with Gasteiger partial charge in [-0.3, -0.25) is 4.79 Å². The first-order valence-electron chi connectivity index (χ1n) is 11.3. The van der Waals surface area contributed by atoms with Crippen molar-refractivity contribution in [1.29, 1.82) is 0 Å². The van der Waals surface area contributed by atoms with E-state index in [2.05, 4.69) is 15.3 Å². The van der Waals surface area contributed by atoms with Crippen LogP contribution in [0.3, 0.4) is 0 Å². The predicted octanol–water partition coefficient (Wildman–Crippen LogP) is 4.58. The zero-order valence-electron chi connectivity index (χ0n) is 18.9. The van der Waals surface area contributed by atoms with Crippen LogP contribution in [-0.4, -0.2) is 41.7 Å². The fraction of sp³-hybridized carbons (Fsp3) is 0.231. The number of para-hydroxylation sites is 3. The Kier molecular flexibility index (Phi) is 5.93. The Morgan fingerprint density at radius 2 is 1.65 bits per heavy atom. The molecule has 2 N–H and O–H groups in total. The molecule has 0 radical (unpaired) electrons. The number of sulfonamides is 1. The van der Waals surface area contributed by atoms with Gasteiger partial charge in [0.15, 0.2) is 0 Å². The van der Waals surface area contributed by atoms with Crippen molar-refractivity contribution in [1.82, 2.24) is 14.3 Å². The van der Waals surface area contributed by atoms with Gasteiger partial charge >= 0.3 is 0 Å². The largest absolute Gasteiger partial charge is 0.338 e. The monoisotopic (exact) mass is 474 g/mol.